The Hall–Kier alpha value is -10.4. The fourth-order valence-corrected chi connectivity index (χ4v) is 15.2. The van der Waals surface area contributed by atoms with Crippen LogP contribution in [0.5, 0.6) is 0 Å². The van der Waals surface area contributed by atoms with E-state index in [9.17, 15) is 11.8 Å². The van der Waals surface area contributed by atoms with Crippen molar-refractivity contribution in [2.75, 3.05) is 0 Å². The van der Waals surface area contributed by atoms with Crippen LogP contribution < -0.4 is 0 Å². The third kappa shape index (κ3) is 5.40. The number of hydrogen-bond acceptors (Lipinski definition) is 1. The van der Waals surface area contributed by atoms with Crippen molar-refractivity contribution in [3.63, 3.8) is 0 Å². The SMILES string of the molecule is [C-]#[N+]c1c(-n2c3ccccc3c3ccccc32)c(C#N)c(-n2c3ccccc3c3c4c(ccc32)-c2ccccc2C4(C)C)c(-n2c3ccccc3c3ccccc32)c1-n1c2ccccc2c2c3c(ccc21)-c1ccccc1C3(C)C. The first-order valence-corrected chi connectivity index (χ1v) is 27.5. The highest BCUT2D eigenvalue weighted by Crippen LogP contribution is 2.58. The highest BCUT2D eigenvalue weighted by atomic mass is 15.1. The van der Waals surface area contributed by atoms with Gasteiger partial charge in [-0.15, -0.1) is 0 Å². The molecule has 11 aromatic carbocycles. The molecule has 15 aromatic rings. The monoisotopic (exact) mass is 1020 g/mol. The average molecular weight is 1020 g/mol. The Morgan fingerprint density at radius 3 is 1.06 bits per heavy atom. The Labute approximate surface area is 461 Å². The smallest absolute Gasteiger partial charge is 0.237 e. The molecule has 0 saturated carbocycles. The van der Waals surface area contributed by atoms with E-state index in [-0.39, 0.29) is 10.8 Å². The fraction of sp³-hybridized carbons (Fsp3) is 0.0811. The summed E-state index contributed by atoms with van der Waals surface area (Å²) < 4.78 is 9.38. The van der Waals surface area contributed by atoms with Crippen LogP contribution in [0.2, 0.25) is 0 Å². The van der Waals surface area contributed by atoms with Crippen molar-refractivity contribution in [1.82, 2.24) is 18.3 Å². The summed E-state index contributed by atoms with van der Waals surface area (Å²) in [5.74, 6) is 0. The van der Waals surface area contributed by atoms with Crippen LogP contribution >= 0.6 is 0 Å². The summed E-state index contributed by atoms with van der Waals surface area (Å²) in [6.07, 6.45) is 0. The average Bonchev–Trinajstić information content (AvgIpc) is 4.48. The molecule has 0 atom stereocenters. The standard InChI is InChI=1S/C74H48N6/c1-73(2)54-30-14-6-22-43(54)49-38-40-62-64(66(49)73)51-28-12-20-36-60(51)79(62)70-53(42-75)69(77-56-32-16-8-24-45(56)46-25-9-17-33-57(46)77)68(76-5)71(72(70)78-58-34-18-10-26-47(58)48-27-11-19-35-59(48)78)80-61-37-21-13-29-52(61)65-63(80)41-39-50-44-23-7-15-31-55(44)74(3,4)67(50)65/h6-41H,1-4H3. The maximum atomic E-state index is 12.7. The van der Waals surface area contributed by atoms with E-state index in [1.165, 1.54) is 44.5 Å². The summed E-state index contributed by atoms with van der Waals surface area (Å²) in [7, 11) is 0. The normalized spacial score (nSPS) is 13.9. The number of aromatic nitrogens is 4. The first-order valence-electron chi connectivity index (χ1n) is 27.5. The van der Waals surface area contributed by atoms with Crippen LogP contribution in [0.4, 0.5) is 5.69 Å². The van der Waals surface area contributed by atoms with Crippen molar-refractivity contribution in [2.24, 2.45) is 0 Å². The van der Waals surface area contributed by atoms with Crippen molar-refractivity contribution in [2.45, 2.75) is 38.5 Å². The highest BCUT2D eigenvalue weighted by molar-refractivity contribution is 6.19. The second kappa shape index (κ2) is 15.6. The predicted molar refractivity (Wildman–Crippen MR) is 330 cm³/mol. The van der Waals surface area contributed by atoms with Gasteiger partial charge in [-0.25, -0.2) is 4.85 Å². The molecule has 6 nitrogen and oxygen atoms in total. The highest BCUT2D eigenvalue weighted by Gasteiger charge is 2.42. The maximum absolute atomic E-state index is 12.7. The molecule has 6 heteroatoms. The van der Waals surface area contributed by atoms with E-state index in [1.54, 1.807) is 0 Å². The molecule has 2 aliphatic carbocycles. The van der Waals surface area contributed by atoms with Crippen LogP contribution in [-0.2, 0) is 10.8 Å². The molecule has 374 valence electrons. The topological polar surface area (TPSA) is 47.9 Å². The number of nitrogens with zero attached hydrogens (tertiary/aromatic N) is 6. The molecule has 17 rings (SSSR count). The number of fused-ring (bicyclic) bond motifs is 20. The fourth-order valence-electron chi connectivity index (χ4n) is 15.2. The van der Waals surface area contributed by atoms with Gasteiger partial charge in [0.15, 0.2) is 0 Å². The van der Waals surface area contributed by atoms with Crippen molar-refractivity contribution in [3.05, 3.63) is 258 Å². The molecule has 0 fully saturated rings. The summed E-state index contributed by atoms with van der Waals surface area (Å²) in [5, 5.41) is 21.5. The molecule has 2 aliphatic rings. The van der Waals surface area contributed by atoms with Gasteiger partial charge in [0, 0.05) is 53.9 Å². The number of nitriles is 1. The molecule has 4 heterocycles. The Morgan fingerprint density at radius 2 is 0.662 bits per heavy atom. The van der Waals surface area contributed by atoms with E-state index in [0.717, 1.165) is 92.9 Å². The van der Waals surface area contributed by atoms with Crippen LogP contribution in [0.1, 0.15) is 55.5 Å². The molecule has 0 unspecified atom stereocenters. The first kappa shape index (κ1) is 44.7. The second-order valence-electron chi connectivity index (χ2n) is 22.9. The van der Waals surface area contributed by atoms with Crippen LogP contribution in [0.3, 0.4) is 0 Å². The zero-order chi connectivity index (χ0) is 53.5. The van der Waals surface area contributed by atoms with Gasteiger partial charge in [-0.2, -0.15) is 5.26 Å². The van der Waals surface area contributed by atoms with Crippen LogP contribution in [0.25, 0.3) is 137 Å². The molecule has 4 aromatic heterocycles. The molecule has 0 bridgehead atoms. The van der Waals surface area contributed by atoms with Crippen molar-refractivity contribution < 1.29 is 0 Å². The zero-order valence-electron chi connectivity index (χ0n) is 44.5. The Kier molecular flexibility index (Phi) is 8.74. The lowest BCUT2D eigenvalue weighted by Crippen LogP contribution is -2.16. The lowest BCUT2D eigenvalue weighted by molar-refractivity contribution is 0.666. The molecule has 0 radical (unpaired) electrons. The zero-order valence-corrected chi connectivity index (χ0v) is 44.5. The molecule has 0 spiro atoms. The molecule has 0 N–H and O–H groups in total. The van der Waals surface area contributed by atoms with Gasteiger partial charge in [-0.3, -0.25) is 0 Å². The van der Waals surface area contributed by atoms with E-state index >= 15 is 0 Å². The number of para-hydroxylation sites is 6. The summed E-state index contributed by atoms with van der Waals surface area (Å²) >= 11 is 0. The number of benzene rings is 11. The Bertz CT molecular complexity index is 5070. The molecular weight excluding hydrogens is 973 g/mol. The van der Waals surface area contributed by atoms with E-state index in [0.29, 0.717) is 28.3 Å². The molecule has 80 heavy (non-hydrogen) atoms. The minimum Gasteiger partial charge on any atom is -0.318 e. The molecule has 0 saturated heterocycles. The van der Waals surface area contributed by atoms with Crippen LogP contribution in [0.15, 0.2) is 218 Å². The van der Waals surface area contributed by atoms with Gasteiger partial charge < -0.3 is 18.3 Å². The lowest BCUT2D eigenvalue weighted by atomic mass is 9.80. The predicted octanol–water partition coefficient (Wildman–Crippen LogP) is 19.1. The van der Waals surface area contributed by atoms with E-state index in [4.69, 9.17) is 4.85 Å². The van der Waals surface area contributed by atoms with Gasteiger partial charge >= 0.3 is 0 Å². The van der Waals surface area contributed by atoms with Gasteiger partial charge in [0.25, 0.3) is 0 Å². The van der Waals surface area contributed by atoms with Gasteiger partial charge in [-0.05, 0) is 93.0 Å². The summed E-state index contributed by atoms with van der Waals surface area (Å²) in [5.41, 5.74) is 20.5. The van der Waals surface area contributed by atoms with Gasteiger partial charge in [0.05, 0.1) is 79.0 Å². The first-order chi connectivity index (χ1) is 39.2. The van der Waals surface area contributed by atoms with Gasteiger partial charge in [-0.1, -0.05) is 198 Å². The summed E-state index contributed by atoms with van der Waals surface area (Å²) in [4.78, 5) is 4.85. The van der Waals surface area contributed by atoms with Crippen LogP contribution in [0, 0.1) is 17.9 Å². The van der Waals surface area contributed by atoms with E-state index < -0.39 is 0 Å². The van der Waals surface area contributed by atoms with Crippen LogP contribution in [-0.4, -0.2) is 18.3 Å². The van der Waals surface area contributed by atoms with Gasteiger partial charge in [0.1, 0.15) is 6.07 Å². The third-order valence-corrected chi connectivity index (χ3v) is 18.4. The largest absolute Gasteiger partial charge is 0.318 e. The molecular formula is C74H48N6. The summed E-state index contributed by atoms with van der Waals surface area (Å²) in [6, 6.07) is 81.5. The minimum absolute atomic E-state index is 0.348. The van der Waals surface area contributed by atoms with E-state index in [2.05, 4.69) is 270 Å². The Balaban J connectivity index is 1.17. The van der Waals surface area contributed by atoms with Crippen molar-refractivity contribution in [1.29, 1.82) is 5.26 Å². The van der Waals surface area contributed by atoms with Crippen molar-refractivity contribution >= 4 is 92.9 Å². The molecule has 0 aliphatic heterocycles. The van der Waals surface area contributed by atoms with Gasteiger partial charge in [0.2, 0.25) is 5.69 Å². The maximum Gasteiger partial charge on any atom is 0.237 e. The number of rotatable bonds is 4. The summed E-state index contributed by atoms with van der Waals surface area (Å²) in [6.45, 7) is 19.4. The molecule has 0 amide bonds. The minimum atomic E-state index is -0.349. The van der Waals surface area contributed by atoms with Crippen molar-refractivity contribution in [3.8, 4) is 51.1 Å². The number of hydrogen-bond donors (Lipinski definition) is 0. The Morgan fingerprint density at radius 1 is 0.338 bits per heavy atom. The third-order valence-electron chi connectivity index (χ3n) is 18.4. The lowest BCUT2D eigenvalue weighted by Gasteiger charge is -2.28. The quantitative estimate of drug-likeness (QED) is 0.162. The van der Waals surface area contributed by atoms with E-state index in [1.807, 2.05) is 0 Å². The second-order valence-corrected chi connectivity index (χ2v) is 22.9.